The van der Waals surface area contributed by atoms with Gasteiger partial charge in [-0.15, -0.1) is 0 Å². The molecule has 1 aromatic rings. The molecule has 1 rings (SSSR count). The number of aliphatic hydroxyl groups is 1. The summed E-state index contributed by atoms with van der Waals surface area (Å²) in [7, 11) is 0. The van der Waals surface area contributed by atoms with Crippen molar-refractivity contribution in [2.75, 3.05) is 0 Å². The number of aromatic carboxylic acids is 1. The molecule has 0 fully saturated rings. The van der Waals surface area contributed by atoms with E-state index in [0.717, 1.165) is 12.8 Å². The van der Waals surface area contributed by atoms with E-state index < -0.39 is 12.2 Å². The van der Waals surface area contributed by atoms with Crippen LogP contribution in [0.2, 0.25) is 0 Å². The van der Waals surface area contributed by atoms with Gasteiger partial charge in [0.05, 0.1) is 11.3 Å². The van der Waals surface area contributed by atoms with Gasteiger partial charge in [0.15, 0.2) is 6.23 Å². The van der Waals surface area contributed by atoms with Gasteiger partial charge in [0, 0.05) is 0 Å². The largest absolute Gasteiger partial charge is 0.478 e. The molecule has 0 spiro atoms. The van der Waals surface area contributed by atoms with E-state index in [1.807, 2.05) is 0 Å². The van der Waals surface area contributed by atoms with Gasteiger partial charge in [-0.3, -0.25) is 0 Å². The van der Waals surface area contributed by atoms with Crippen LogP contribution in [-0.4, -0.2) is 22.4 Å². The summed E-state index contributed by atoms with van der Waals surface area (Å²) in [5.41, 5.74) is 0.373. The second kappa shape index (κ2) is 15.3. The Hall–Kier alpha value is -1.75. The molecule has 0 bridgehead atoms. The van der Waals surface area contributed by atoms with Crippen LogP contribution < -0.4 is 0 Å². The van der Waals surface area contributed by atoms with Crippen LogP contribution in [0.4, 0.5) is 5.69 Å². The van der Waals surface area contributed by atoms with Gasteiger partial charge in [0.2, 0.25) is 0 Å². The number of aliphatic hydroxyl groups excluding tert-OH is 1. The van der Waals surface area contributed by atoms with E-state index in [1.54, 1.807) is 18.2 Å². The highest BCUT2D eigenvalue weighted by molar-refractivity contribution is 5.93. The molecule has 2 N–H and O–H groups in total. The number of hydrogen-bond acceptors (Lipinski definition) is 4. The maximum absolute atomic E-state index is 11.1. The van der Waals surface area contributed by atoms with Crippen molar-refractivity contribution >= 4 is 11.7 Å². The normalized spacial score (nSPS) is 12.5. The number of nitrogens with zero attached hydrogens (tertiary/aromatic N) is 2. The zero-order chi connectivity index (χ0) is 19.7. The van der Waals surface area contributed by atoms with Crippen molar-refractivity contribution in [3.63, 3.8) is 0 Å². The highest BCUT2D eigenvalue weighted by Gasteiger charge is 2.09. The molecular weight excluding hydrogens is 340 g/mol. The van der Waals surface area contributed by atoms with Crippen LogP contribution in [0.1, 0.15) is 101 Å². The molecule has 1 atom stereocenters. The van der Waals surface area contributed by atoms with Gasteiger partial charge in [-0.2, -0.15) is 10.2 Å². The monoisotopic (exact) mass is 376 g/mol. The van der Waals surface area contributed by atoms with Crippen LogP contribution in [0.25, 0.3) is 0 Å². The third-order valence-corrected chi connectivity index (χ3v) is 4.75. The lowest BCUT2D eigenvalue weighted by Crippen LogP contribution is -2.01. The van der Waals surface area contributed by atoms with Crippen LogP contribution in [-0.2, 0) is 0 Å². The summed E-state index contributed by atoms with van der Waals surface area (Å²) < 4.78 is 0. The lowest BCUT2D eigenvalue weighted by Gasteiger charge is -2.05. The molecule has 0 aliphatic heterocycles. The number of hydrogen-bond donors (Lipinski definition) is 2. The second-order valence-electron chi connectivity index (χ2n) is 7.20. The summed E-state index contributed by atoms with van der Waals surface area (Å²) in [6.45, 7) is 2.25. The highest BCUT2D eigenvalue weighted by atomic mass is 16.4. The van der Waals surface area contributed by atoms with Crippen molar-refractivity contribution in [3.8, 4) is 0 Å². The molecule has 0 radical (unpaired) electrons. The Kier molecular flexibility index (Phi) is 13.2. The molecule has 0 saturated heterocycles. The van der Waals surface area contributed by atoms with Crippen molar-refractivity contribution in [3.05, 3.63) is 29.8 Å². The predicted molar refractivity (Wildman–Crippen MR) is 110 cm³/mol. The van der Waals surface area contributed by atoms with Crippen LogP contribution in [0.3, 0.4) is 0 Å². The Morgan fingerprint density at radius 3 is 1.96 bits per heavy atom. The van der Waals surface area contributed by atoms with E-state index in [1.165, 1.54) is 70.3 Å². The number of carbonyl (C=O) groups is 1. The summed E-state index contributed by atoms with van der Waals surface area (Å²) in [5.74, 6) is -1.04. The van der Waals surface area contributed by atoms with E-state index >= 15 is 0 Å². The van der Waals surface area contributed by atoms with Gasteiger partial charge in [0.1, 0.15) is 0 Å². The van der Waals surface area contributed by atoms with E-state index in [0.29, 0.717) is 6.42 Å². The third kappa shape index (κ3) is 11.5. The topological polar surface area (TPSA) is 82.2 Å². The quantitative estimate of drug-likeness (QED) is 0.244. The van der Waals surface area contributed by atoms with E-state index in [9.17, 15) is 9.90 Å². The fourth-order valence-corrected chi connectivity index (χ4v) is 3.10. The van der Waals surface area contributed by atoms with Crippen molar-refractivity contribution in [2.24, 2.45) is 10.2 Å². The Morgan fingerprint density at radius 1 is 0.889 bits per heavy atom. The zero-order valence-electron chi connectivity index (χ0n) is 16.8. The van der Waals surface area contributed by atoms with Crippen molar-refractivity contribution < 1.29 is 15.0 Å². The van der Waals surface area contributed by atoms with E-state index in [-0.39, 0.29) is 11.3 Å². The van der Waals surface area contributed by atoms with Gasteiger partial charge < -0.3 is 10.2 Å². The predicted octanol–water partition coefficient (Wildman–Crippen LogP) is 6.88. The smallest absolute Gasteiger partial charge is 0.337 e. The van der Waals surface area contributed by atoms with Crippen molar-refractivity contribution in [1.29, 1.82) is 0 Å². The molecular formula is C22H36N2O3. The summed E-state index contributed by atoms with van der Waals surface area (Å²) in [5, 5.41) is 26.7. The molecule has 0 amide bonds. The van der Waals surface area contributed by atoms with E-state index in [2.05, 4.69) is 17.2 Å². The number of unbranched alkanes of at least 4 members (excludes halogenated alkanes) is 11. The van der Waals surface area contributed by atoms with Gasteiger partial charge in [-0.1, -0.05) is 89.7 Å². The standard InChI is InChI=1S/C22H36N2O3/c1-2-3-4-5-6-7-8-9-10-11-12-13-18-21(25)24-23-20-17-15-14-16-19(20)22(26)27/h14-17,21,25H,2-13,18H2,1H3,(H,26,27). The van der Waals surface area contributed by atoms with Gasteiger partial charge in [-0.25, -0.2) is 4.79 Å². The van der Waals surface area contributed by atoms with Crippen molar-refractivity contribution in [2.45, 2.75) is 96.6 Å². The maximum Gasteiger partial charge on any atom is 0.337 e. The SMILES string of the molecule is CCCCCCCCCCCCCCC(O)N=Nc1ccccc1C(=O)O. The Balaban J connectivity index is 2.05. The first kappa shape index (κ1) is 23.3. The molecule has 0 saturated carbocycles. The molecule has 27 heavy (non-hydrogen) atoms. The summed E-state index contributed by atoms with van der Waals surface area (Å²) in [6.07, 6.45) is 15.0. The molecule has 5 nitrogen and oxygen atoms in total. The lowest BCUT2D eigenvalue weighted by atomic mass is 10.0. The average Bonchev–Trinajstić information content (AvgIpc) is 2.67. The minimum absolute atomic E-state index is 0.0961. The molecule has 0 aromatic heterocycles. The molecule has 0 aliphatic rings. The van der Waals surface area contributed by atoms with Crippen LogP contribution >= 0.6 is 0 Å². The average molecular weight is 377 g/mol. The number of carboxylic acid groups (broad SMARTS) is 1. The minimum atomic E-state index is -1.04. The van der Waals surface area contributed by atoms with Crippen molar-refractivity contribution in [1.82, 2.24) is 0 Å². The maximum atomic E-state index is 11.1. The third-order valence-electron chi connectivity index (χ3n) is 4.75. The Bertz CT molecular complexity index is 546. The van der Waals surface area contributed by atoms with Crippen LogP contribution in [0.15, 0.2) is 34.5 Å². The second-order valence-corrected chi connectivity index (χ2v) is 7.20. The number of carboxylic acids is 1. The summed E-state index contributed by atoms with van der Waals surface area (Å²) >= 11 is 0. The molecule has 5 heteroatoms. The molecule has 0 heterocycles. The summed E-state index contributed by atoms with van der Waals surface area (Å²) in [4.78, 5) is 11.1. The molecule has 1 unspecified atom stereocenters. The fourth-order valence-electron chi connectivity index (χ4n) is 3.10. The summed E-state index contributed by atoms with van der Waals surface area (Å²) in [6, 6.07) is 6.42. The number of azo groups is 1. The van der Waals surface area contributed by atoms with Gasteiger partial charge in [0.25, 0.3) is 0 Å². The number of benzene rings is 1. The minimum Gasteiger partial charge on any atom is -0.478 e. The van der Waals surface area contributed by atoms with Gasteiger partial charge >= 0.3 is 5.97 Å². The highest BCUT2D eigenvalue weighted by Crippen LogP contribution is 2.20. The zero-order valence-corrected chi connectivity index (χ0v) is 16.8. The van der Waals surface area contributed by atoms with Crippen LogP contribution in [0, 0.1) is 0 Å². The van der Waals surface area contributed by atoms with Gasteiger partial charge in [-0.05, 0) is 25.0 Å². The molecule has 0 aliphatic carbocycles. The Labute approximate surface area is 163 Å². The molecule has 1 aromatic carbocycles. The first-order valence-corrected chi connectivity index (χ1v) is 10.6. The van der Waals surface area contributed by atoms with Crippen LogP contribution in [0.5, 0.6) is 0 Å². The first-order chi connectivity index (χ1) is 13.1. The Morgan fingerprint density at radius 2 is 1.41 bits per heavy atom. The fraction of sp³-hybridized carbons (Fsp3) is 0.682. The first-order valence-electron chi connectivity index (χ1n) is 10.6. The lowest BCUT2D eigenvalue weighted by molar-refractivity contribution is 0.0697. The van der Waals surface area contributed by atoms with E-state index in [4.69, 9.17) is 5.11 Å². The molecule has 152 valence electrons. The number of rotatable bonds is 16.